The molecule has 0 fully saturated rings. The number of allylic oxidation sites excluding steroid dienone is 2. The molecule has 2 unspecified atom stereocenters. The van der Waals surface area contributed by atoms with E-state index in [1.165, 1.54) is 19.3 Å². The third kappa shape index (κ3) is 4.29. The number of aryl methyl sites for hydroxylation is 2. The quantitative estimate of drug-likeness (QED) is 0.592. The number of aromatic nitrogens is 2. The summed E-state index contributed by atoms with van der Waals surface area (Å²) in [6, 6.07) is 1.66. The molecule has 10 nitrogen and oxygen atoms in total. The molecule has 0 bridgehead atoms. The van der Waals surface area contributed by atoms with Gasteiger partial charge in [-0.3, -0.25) is 10.1 Å². The van der Waals surface area contributed by atoms with Gasteiger partial charge in [-0.1, -0.05) is 24.3 Å². The Morgan fingerprint density at radius 2 is 1.82 bits per heavy atom. The molecule has 154 valence electrons. The average Bonchev–Trinajstić information content (AvgIpc) is 2.58. The number of primary sulfonamides is 1. The third-order valence-corrected chi connectivity index (χ3v) is 7.85. The largest absolute Gasteiger partial charge is 0.384 e. The van der Waals surface area contributed by atoms with Gasteiger partial charge in [-0.2, -0.15) is 0 Å². The Balaban J connectivity index is 2.62. The molecule has 1 aromatic heterocycles. The Kier molecular flexibility index (Phi) is 6.38. The Bertz CT molecular complexity index is 1010. The van der Waals surface area contributed by atoms with Crippen LogP contribution in [0.15, 0.2) is 30.4 Å². The molecule has 1 heterocycles. The number of sulfonamides is 1. The number of nitrogens with zero attached hydrogens (tertiary/aromatic N) is 2. The number of carbonyl (C=O) groups is 1. The molecule has 3 N–H and O–H groups in total. The molecule has 1 aliphatic rings. The summed E-state index contributed by atoms with van der Waals surface area (Å²) in [6.45, 7) is 3.12. The predicted octanol–water partition coefficient (Wildman–Crippen LogP) is -0.385. The Hall–Kier alpha value is -2.15. The second-order valence-corrected chi connectivity index (χ2v) is 10.3. The summed E-state index contributed by atoms with van der Waals surface area (Å²) < 4.78 is 52.9. The van der Waals surface area contributed by atoms with Gasteiger partial charge in [0.25, 0.3) is 5.91 Å². The van der Waals surface area contributed by atoms with Crippen molar-refractivity contribution in [2.75, 3.05) is 24.8 Å². The number of nitrogens with one attached hydrogen (secondary N) is 1. The van der Waals surface area contributed by atoms with E-state index in [0.29, 0.717) is 11.4 Å². The summed E-state index contributed by atoms with van der Waals surface area (Å²) in [5.41, 5.74) is 1.09. The van der Waals surface area contributed by atoms with Crippen molar-refractivity contribution in [3.63, 3.8) is 0 Å². The SMILES string of the molecule is COCCS(=O)(=O)C1(C(=O)Nc2nc(C)cc(C)n2)C=CC=CC1S(N)(=O)=O. The zero-order chi connectivity index (χ0) is 21.2. The smallest absolute Gasteiger partial charge is 0.253 e. The molecule has 0 saturated heterocycles. The van der Waals surface area contributed by atoms with Crippen molar-refractivity contribution >= 4 is 31.7 Å². The van der Waals surface area contributed by atoms with E-state index >= 15 is 0 Å². The summed E-state index contributed by atoms with van der Waals surface area (Å²) >= 11 is 0. The lowest BCUT2D eigenvalue weighted by Gasteiger charge is -2.34. The van der Waals surface area contributed by atoms with E-state index in [1.807, 2.05) is 0 Å². The predicted molar refractivity (Wildman–Crippen MR) is 104 cm³/mol. The summed E-state index contributed by atoms with van der Waals surface area (Å²) in [5, 5.41) is 5.78. The molecule has 1 aliphatic carbocycles. The number of hydrogen-bond acceptors (Lipinski definition) is 8. The van der Waals surface area contributed by atoms with Gasteiger partial charge in [0.05, 0.1) is 12.4 Å². The molecule has 1 aromatic rings. The molecule has 28 heavy (non-hydrogen) atoms. The number of carbonyl (C=O) groups excluding carboxylic acids is 1. The minimum Gasteiger partial charge on any atom is -0.384 e. The molecule has 0 radical (unpaired) electrons. The summed E-state index contributed by atoms with van der Waals surface area (Å²) in [4.78, 5) is 21.3. The highest BCUT2D eigenvalue weighted by molar-refractivity contribution is 7.96. The summed E-state index contributed by atoms with van der Waals surface area (Å²) in [5.74, 6) is -1.84. The molecular formula is C16H22N4O6S2. The van der Waals surface area contributed by atoms with Gasteiger partial charge in [0.15, 0.2) is 14.6 Å². The van der Waals surface area contributed by atoms with E-state index in [-0.39, 0.29) is 12.6 Å². The zero-order valence-corrected chi connectivity index (χ0v) is 17.2. The number of ether oxygens (including phenoxy) is 1. The molecular weight excluding hydrogens is 408 g/mol. The Labute approximate surface area is 163 Å². The van der Waals surface area contributed by atoms with Crippen molar-refractivity contribution in [3.05, 3.63) is 41.8 Å². The first-order valence-electron chi connectivity index (χ1n) is 8.16. The number of methoxy groups -OCH3 is 1. The third-order valence-electron chi connectivity index (χ3n) is 4.15. The van der Waals surface area contributed by atoms with Crippen LogP contribution in [-0.4, -0.2) is 62.2 Å². The van der Waals surface area contributed by atoms with Crippen LogP contribution in [0.25, 0.3) is 0 Å². The minimum atomic E-state index is -4.45. The van der Waals surface area contributed by atoms with Crippen LogP contribution in [0.4, 0.5) is 5.95 Å². The standard InChI is InChI=1S/C16H22N4O6S2/c1-11-10-12(2)19-15(18-11)20-14(21)16(27(22,23)9-8-26-3)7-5-4-6-13(16)28(17,24)25/h4-7,10,13H,8-9H2,1-3H3,(H2,17,24,25)(H,18,19,20,21). The molecule has 1 amide bonds. The lowest BCUT2D eigenvalue weighted by molar-refractivity contribution is -0.117. The van der Waals surface area contributed by atoms with E-state index in [1.54, 1.807) is 19.9 Å². The molecule has 0 aliphatic heterocycles. The molecule has 12 heteroatoms. The van der Waals surface area contributed by atoms with E-state index in [2.05, 4.69) is 15.3 Å². The summed E-state index contributed by atoms with van der Waals surface area (Å²) in [7, 11) is -7.53. The molecule has 2 atom stereocenters. The van der Waals surface area contributed by atoms with Crippen molar-refractivity contribution in [2.24, 2.45) is 5.14 Å². The van der Waals surface area contributed by atoms with Crippen LogP contribution in [0.3, 0.4) is 0 Å². The lowest BCUT2D eigenvalue weighted by atomic mass is 9.98. The van der Waals surface area contributed by atoms with Gasteiger partial charge in [0, 0.05) is 18.5 Å². The molecule has 0 spiro atoms. The number of nitrogens with two attached hydrogens (primary N) is 1. The maximum Gasteiger partial charge on any atom is 0.253 e. The van der Waals surface area contributed by atoms with Gasteiger partial charge in [0.1, 0.15) is 5.25 Å². The van der Waals surface area contributed by atoms with E-state index in [4.69, 9.17) is 9.88 Å². The first-order chi connectivity index (χ1) is 12.9. The second-order valence-electron chi connectivity index (χ2n) is 6.29. The van der Waals surface area contributed by atoms with Crippen LogP contribution in [-0.2, 0) is 29.4 Å². The Morgan fingerprint density at radius 1 is 1.21 bits per heavy atom. The van der Waals surface area contributed by atoms with Gasteiger partial charge >= 0.3 is 0 Å². The number of rotatable bonds is 7. The Morgan fingerprint density at radius 3 is 2.36 bits per heavy atom. The zero-order valence-electron chi connectivity index (χ0n) is 15.6. The maximum absolute atomic E-state index is 13.2. The normalized spacial score (nSPS) is 22.2. The highest BCUT2D eigenvalue weighted by Crippen LogP contribution is 2.33. The first kappa shape index (κ1) is 22.1. The van der Waals surface area contributed by atoms with Crippen LogP contribution in [0.5, 0.6) is 0 Å². The van der Waals surface area contributed by atoms with Gasteiger partial charge in [-0.05, 0) is 19.9 Å². The highest BCUT2D eigenvalue weighted by Gasteiger charge is 2.58. The molecule has 0 saturated carbocycles. The fourth-order valence-electron chi connectivity index (χ4n) is 2.92. The van der Waals surface area contributed by atoms with Crippen molar-refractivity contribution in [1.82, 2.24) is 9.97 Å². The second kappa shape index (κ2) is 8.07. The molecule has 0 aromatic carbocycles. The first-order valence-corrected chi connectivity index (χ1v) is 11.4. The van der Waals surface area contributed by atoms with Gasteiger partial charge < -0.3 is 4.74 Å². The lowest BCUT2D eigenvalue weighted by Crippen LogP contribution is -2.61. The number of amides is 1. The highest BCUT2D eigenvalue weighted by atomic mass is 32.2. The van der Waals surface area contributed by atoms with Crippen molar-refractivity contribution in [1.29, 1.82) is 0 Å². The van der Waals surface area contributed by atoms with E-state index < -0.39 is 41.5 Å². The van der Waals surface area contributed by atoms with Gasteiger partial charge in [-0.25, -0.2) is 31.9 Å². The topological polar surface area (TPSA) is 158 Å². The number of hydrogen-bond donors (Lipinski definition) is 2. The maximum atomic E-state index is 13.2. The summed E-state index contributed by atoms with van der Waals surface area (Å²) in [6.07, 6.45) is 4.69. The van der Waals surface area contributed by atoms with Crippen LogP contribution >= 0.6 is 0 Å². The fourth-order valence-corrected chi connectivity index (χ4v) is 6.53. The van der Waals surface area contributed by atoms with Crippen LogP contribution in [0.1, 0.15) is 11.4 Å². The van der Waals surface area contributed by atoms with Crippen molar-refractivity contribution in [2.45, 2.75) is 23.8 Å². The minimum absolute atomic E-state index is 0.139. The van der Waals surface area contributed by atoms with Crippen molar-refractivity contribution in [3.8, 4) is 0 Å². The van der Waals surface area contributed by atoms with Gasteiger partial charge in [0.2, 0.25) is 16.0 Å². The molecule has 2 rings (SSSR count). The van der Waals surface area contributed by atoms with Crippen LogP contribution in [0, 0.1) is 13.8 Å². The average molecular weight is 431 g/mol. The fraction of sp³-hybridized carbons (Fsp3) is 0.438. The number of sulfone groups is 1. The van der Waals surface area contributed by atoms with E-state index in [0.717, 1.165) is 12.2 Å². The van der Waals surface area contributed by atoms with Crippen LogP contribution < -0.4 is 10.5 Å². The van der Waals surface area contributed by atoms with Crippen molar-refractivity contribution < 1.29 is 26.4 Å². The number of anilines is 1. The monoisotopic (exact) mass is 430 g/mol. The van der Waals surface area contributed by atoms with Gasteiger partial charge in [-0.15, -0.1) is 0 Å². The van der Waals surface area contributed by atoms with Crippen LogP contribution in [0.2, 0.25) is 0 Å². The van der Waals surface area contributed by atoms with E-state index in [9.17, 15) is 21.6 Å².